The molecule has 0 bridgehead atoms. The lowest BCUT2D eigenvalue weighted by Gasteiger charge is -2.50. The van der Waals surface area contributed by atoms with E-state index >= 15 is 0 Å². The molecule has 3 aromatic rings. The molecule has 21 heteroatoms. The number of β-lactam (4-membered cyclic amide) rings is 1. The number of carboxylic acids is 1. The van der Waals surface area contributed by atoms with Gasteiger partial charge < -0.3 is 36.4 Å². The second kappa shape index (κ2) is 15.7. The number of benzene rings is 1. The number of aliphatic carboxylic acids is 1. The Hall–Kier alpha value is -4.67. The Morgan fingerprint density at radius 2 is 1.98 bits per heavy atom. The SMILES string of the molecule is C[n+]1cc(-c2ccc(OCC(O/N=C(/C(=O)N[C@@H]3C(=O)N(OS(=O)(=O)O)C3(C)C)c3csc(N)n3)C(=O)O)cc2)cn1CCCNCC1CNC1. The van der Waals surface area contributed by atoms with Gasteiger partial charge in [0.25, 0.3) is 17.9 Å². The molecular formula is C30H40N9O10S2+. The molecule has 7 N–H and O–H groups in total. The van der Waals surface area contributed by atoms with Crippen LogP contribution in [0.4, 0.5) is 5.13 Å². The van der Waals surface area contributed by atoms with Crippen molar-refractivity contribution in [1.82, 2.24) is 30.7 Å². The molecule has 2 aliphatic rings. The van der Waals surface area contributed by atoms with E-state index in [4.69, 9.17) is 19.9 Å². The minimum Gasteiger partial charge on any atom is -0.489 e. The lowest BCUT2D eigenvalue weighted by atomic mass is 9.84. The molecule has 4 heterocycles. The summed E-state index contributed by atoms with van der Waals surface area (Å²) in [6.45, 7) is 7.23. The van der Waals surface area contributed by atoms with Crippen LogP contribution in [0.5, 0.6) is 5.75 Å². The minimum absolute atomic E-state index is 0.0649. The van der Waals surface area contributed by atoms with Crippen molar-refractivity contribution in [2.45, 2.75) is 44.5 Å². The van der Waals surface area contributed by atoms with Gasteiger partial charge in [-0.2, -0.15) is 18.2 Å². The number of nitrogens with one attached hydrogen (secondary N) is 3. The van der Waals surface area contributed by atoms with Crippen LogP contribution < -0.4 is 31.1 Å². The van der Waals surface area contributed by atoms with Crippen LogP contribution in [0.25, 0.3) is 11.1 Å². The molecule has 0 saturated carbocycles. The molecule has 276 valence electrons. The van der Waals surface area contributed by atoms with Crippen LogP contribution >= 0.6 is 11.3 Å². The van der Waals surface area contributed by atoms with Gasteiger partial charge in [-0.05, 0) is 50.4 Å². The number of oxime groups is 1. The summed E-state index contributed by atoms with van der Waals surface area (Å²) in [5, 5.41) is 24.5. The van der Waals surface area contributed by atoms with E-state index in [1.165, 1.54) is 19.2 Å². The highest BCUT2D eigenvalue weighted by Crippen LogP contribution is 2.33. The first-order chi connectivity index (χ1) is 24.1. The number of nitrogens with two attached hydrogens (primary N) is 1. The number of hydrogen-bond acceptors (Lipinski definition) is 14. The smallest absolute Gasteiger partial charge is 0.418 e. The third-order valence-electron chi connectivity index (χ3n) is 8.30. The maximum atomic E-state index is 13.3. The summed E-state index contributed by atoms with van der Waals surface area (Å²) in [5.74, 6) is -2.36. The van der Waals surface area contributed by atoms with Crippen molar-refractivity contribution < 1.29 is 51.0 Å². The van der Waals surface area contributed by atoms with E-state index in [2.05, 4.69) is 41.3 Å². The first kappa shape index (κ1) is 37.6. The van der Waals surface area contributed by atoms with Crippen molar-refractivity contribution in [2.24, 2.45) is 18.1 Å². The average molecular weight is 751 g/mol. The van der Waals surface area contributed by atoms with Gasteiger partial charge in [0.2, 0.25) is 6.20 Å². The van der Waals surface area contributed by atoms with E-state index in [9.17, 15) is 27.9 Å². The first-order valence-corrected chi connectivity index (χ1v) is 18.1. The maximum absolute atomic E-state index is 13.3. The van der Waals surface area contributed by atoms with Crippen molar-refractivity contribution >= 4 is 50.4 Å². The quantitative estimate of drug-likeness (QED) is 0.0235. The molecule has 1 unspecified atom stereocenters. The monoisotopic (exact) mass is 750 g/mol. The Morgan fingerprint density at radius 3 is 2.57 bits per heavy atom. The number of carbonyl (C=O) groups is 3. The van der Waals surface area contributed by atoms with E-state index in [0.717, 1.165) is 67.5 Å². The van der Waals surface area contributed by atoms with Crippen LogP contribution in [0, 0.1) is 5.92 Å². The van der Waals surface area contributed by atoms with E-state index in [1.54, 1.807) is 12.1 Å². The Morgan fingerprint density at radius 1 is 1.25 bits per heavy atom. The standard InChI is InChI=1S/C30H39N9O10S2/c1-30(2)25(27(41)39(30)49-51(44,45)46)35-26(40)24(22-17-50-29(31)34-22)36-48-23(28(42)43)16-47-21-7-5-19(6-8-21)20-14-37(3)38(15-20)10-4-9-32-11-18-12-33-13-18/h5-8,14-15,17-18,23,25,32-33H,4,9-13,16H2,1-3H3,(H4-,31,34,35,40,42,43,44,45,46)/p+1/b36-24+/t23?,25-/m1/s1. The fourth-order valence-corrected chi connectivity index (χ4v) is 6.30. The molecule has 0 aliphatic carbocycles. The highest BCUT2D eigenvalue weighted by atomic mass is 32.3. The van der Waals surface area contributed by atoms with Crippen LogP contribution in [0.3, 0.4) is 0 Å². The third kappa shape index (κ3) is 9.36. The number of anilines is 1. The third-order valence-corrected chi connectivity index (χ3v) is 9.31. The van der Waals surface area contributed by atoms with E-state index in [1.807, 2.05) is 30.1 Å². The van der Waals surface area contributed by atoms with Gasteiger partial charge in [-0.3, -0.25) is 14.1 Å². The highest BCUT2D eigenvalue weighted by molar-refractivity contribution is 7.80. The van der Waals surface area contributed by atoms with Gasteiger partial charge in [-0.1, -0.05) is 17.3 Å². The zero-order valence-electron chi connectivity index (χ0n) is 28.0. The lowest BCUT2D eigenvalue weighted by molar-refractivity contribution is -0.753. The summed E-state index contributed by atoms with van der Waals surface area (Å²) in [6.07, 6.45) is 3.40. The average Bonchev–Trinajstić information content (AvgIpc) is 3.65. The number of rotatable bonds is 18. The number of ether oxygens (including phenoxy) is 1. The van der Waals surface area contributed by atoms with Crippen molar-refractivity contribution in [3.8, 4) is 16.9 Å². The van der Waals surface area contributed by atoms with Crippen molar-refractivity contribution in [3.63, 3.8) is 0 Å². The number of aromatic nitrogens is 3. The molecule has 2 atom stereocenters. The van der Waals surface area contributed by atoms with Gasteiger partial charge in [0.15, 0.2) is 17.9 Å². The number of carbonyl (C=O) groups excluding carboxylic acids is 2. The first-order valence-electron chi connectivity index (χ1n) is 15.8. The molecule has 51 heavy (non-hydrogen) atoms. The summed E-state index contributed by atoms with van der Waals surface area (Å²) in [5.41, 5.74) is 5.63. The van der Waals surface area contributed by atoms with Gasteiger partial charge in [-0.25, -0.2) is 9.78 Å². The van der Waals surface area contributed by atoms with Gasteiger partial charge in [0.1, 0.15) is 24.1 Å². The normalized spacial score (nSPS) is 18.1. The van der Waals surface area contributed by atoms with Crippen LogP contribution in [-0.2, 0) is 47.5 Å². The van der Waals surface area contributed by atoms with Crippen LogP contribution in [-0.4, -0.2) is 107 Å². The number of amides is 2. The van der Waals surface area contributed by atoms with Gasteiger partial charge in [-0.15, -0.1) is 20.3 Å². The molecule has 2 aromatic heterocycles. The molecule has 2 amide bonds. The molecule has 5 rings (SSSR count). The zero-order chi connectivity index (χ0) is 36.9. The predicted molar refractivity (Wildman–Crippen MR) is 181 cm³/mol. The van der Waals surface area contributed by atoms with Crippen LogP contribution in [0.15, 0.2) is 47.2 Å². The molecule has 19 nitrogen and oxygen atoms in total. The predicted octanol–water partition coefficient (Wildman–Crippen LogP) is -0.690. The molecule has 0 spiro atoms. The Bertz CT molecular complexity index is 1870. The largest absolute Gasteiger partial charge is 0.489 e. The van der Waals surface area contributed by atoms with Crippen LogP contribution in [0.2, 0.25) is 0 Å². The second-order valence-corrected chi connectivity index (χ2v) is 14.4. The highest BCUT2D eigenvalue weighted by Gasteiger charge is 2.58. The fraction of sp³-hybridized carbons (Fsp3) is 0.467. The van der Waals surface area contributed by atoms with Gasteiger partial charge >= 0.3 is 16.4 Å². The van der Waals surface area contributed by atoms with E-state index < -0.39 is 58.2 Å². The van der Waals surface area contributed by atoms with Gasteiger partial charge in [0.05, 0.1) is 23.8 Å². The molecule has 2 aliphatic heterocycles. The number of carboxylic acid groups (broad SMARTS) is 1. The summed E-state index contributed by atoms with van der Waals surface area (Å²) in [4.78, 5) is 47.1. The number of nitrogens with zero attached hydrogens (tertiary/aromatic N) is 5. The summed E-state index contributed by atoms with van der Waals surface area (Å²) in [6, 6.07) is 5.75. The molecular weight excluding hydrogens is 711 g/mol. The number of nitrogen functional groups attached to an aromatic ring is 1. The Kier molecular flexibility index (Phi) is 11.6. The van der Waals surface area contributed by atoms with Crippen molar-refractivity contribution in [1.29, 1.82) is 0 Å². The number of thiazole rings is 1. The molecule has 2 fully saturated rings. The van der Waals surface area contributed by atoms with Gasteiger partial charge in [0, 0.05) is 25.0 Å². The second-order valence-electron chi connectivity index (χ2n) is 12.5. The van der Waals surface area contributed by atoms with E-state index in [-0.39, 0.29) is 10.8 Å². The maximum Gasteiger partial charge on any atom is 0.418 e. The number of aryl methyl sites for hydroxylation is 2. The Balaban J connectivity index is 1.18. The van der Waals surface area contributed by atoms with Crippen molar-refractivity contribution in [3.05, 3.63) is 47.7 Å². The molecule has 2 saturated heterocycles. The Labute approximate surface area is 297 Å². The lowest BCUT2D eigenvalue weighted by Crippen LogP contribution is -2.76. The number of hydroxylamine groups is 2. The van der Waals surface area contributed by atoms with Crippen LogP contribution in [0.1, 0.15) is 26.0 Å². The topological polar surface area (TPSA) is 253 Å². The number of hydrogen-bond donors (Lipinski definition) is 6. The summed E-state index contributed by atoms with van der Waals surface area (Å²) < 4.78 is 45.3. The molecule has 1 aromatic carbocycles. The fourth-order valence-electron chi connectivity index (χ4n) is 5.30. The van der Waals surface area contributed by atoms with Crippen molar-refractivity contribution in [2.75, 3.05) is 38.5 Å². The minimum atomic E-state index is -5.02. The summed E-state index contributed by atoms with van der Waals surface area (Å²) in [7, 11) is -3.04. The summed E-state index contributed by atoms with van der Waals surface area (Å²) >= 11 is 0.966. The van der Waals surface area contributed by atoms with E-state index in [0.29, 0.717) is 10.8 Å². The molecule has 0 radical (unpaired) electrons. The zero-order valence-corrected chi connectivity index (χ0v) is 29.6.